The quantitative estimate of drug-likeness (QED) is 0.701. The molecule has 0 saturated heterocycles. The van der Waals surface area contributed by atoms with Gasteiger partial charge in [-0.3, -0.25) is 4.79 Å². The molecule has 1 aliphatic rings. The van der Waals surface area contributed by atoms with Gasteiger partial charge in [-0.1, -0.05) is 30.3 Å². The Bertz CT molecular complexity index is 418. The van der Waals surface area contributed by atoms with Crippen LogP contribution in [0.1, 0.15) is 5.56 Å². The van der Waals surface area contributed by atoms with Gasteiger partial charge in [0.2, 0.25) is 0 Å². The molecule has 1 aromatic carbocycles. The molecule has 0 spiro atoms. The summed E-state index contributed by atoms with van der Waals surface area (Å²) in [6.07, 6.45) is 2.88. The minimum Gasteiger partial charge on any atom is -0.506 e. The first-order valence-electron chi connectivity index (χ1n) is 4.24. The van der Waals surface area contributed by atoms with Gasteiger partial charge in [0, 0.05) is 6.08 Å². The van der Waals surface area contributed by atoms with Crippen LogP contribution in [0.2, 0.25) is 0 Å². The average Bonchev–Trinajstić information content (AvgIpc) is 2.47. The van der Waals surface area contributed by atoms with Crippen molar-refractivity contribution in [3.8, 4) is 0 Å². The fraction of sp³-hybridized carbons (Fsp3) is 0. The number of rotatable bonds is 1. The maximum atomic E-state index is 10.9. The van der Waals surface area contributed by atoms with E-state index >= 15 is 0 Å². The molecule has 70 valence electrons. The van der Waals surface area contributed by atoms with Crippen LogP contribution < -0.4 is 5.32 Å². The summed E-state index contributed by atoms with van der Waals surface area (Å²) in [4.78, 5) is 10.9. The molecule has 1 heterocycles. The van der Waals surface area contributed by atoms with E-state index < -0.39 is 0 Å². The van der Waals surface area contributed by atoms with Crippen LogP contribution in [0.15, 0.2) is 47.9 Å². The predicted octanol–water partition coefficient (Wildman–Crippen LogP) is 1.60. The number of hydrogen-bond acceptors (Lipinski definition) is 2. The number of benzene rings is 1. The molecule has 0 fully saturated rings. The van der Waals surface area contributed by atoms with Crippen molar-refractivity contribution >= 4 is 12.0 Å². The molecule has 0 unspecified atom stereocenters. The summed E-state index contributed by atoms with van der Waals surface area (Å²) >= 11 is 0. The van der Waals surface area contributed by atoms with E-state index in [1.54, 1.807) is 6.08 Å². The van der Waals surface area contributed by atoms with Crippen molar-refractivity contribution in [1.29, 1.82) is 0 Å². The van der Waals surface area contributed by atoms with Crippen molar-refractivity contribution in [2.75, 3.05) is 0 Å². The van der Waals surface area contributed by atoms with Crippen LogP contribution in [-0.4, -0.2) is 11.0 Å². The number of amides is 1. The van der Waals surface area contributed by atoms with E-state index in [1.165, 1.54) is 0 Å². The Kier molecular flexibility index (Phi) is 2.07. The van der Waals surface area contributed by atoms with E-state index in [2.05, 4.69) is 5.32 Å². The molecule has 0 radical (unpaired) electrons. The Balaban J connectivity index is 2.29. The van der Waals surface area contributed by atoms with Gasteiger partial charge in [-0.25, -0.2) is 0 Å². The topological polar surface area (TPSA) is 49.3 Å². The summed E-state index contributed by atoms with van der Waals surface area (Å²) in [5.41, 5.74) is 1.38. The highest BCUT2D eigenvalue weighted by atomic mass is 16.3. The Morgan fingerprint density at radius 2 is 1.93 bits per heavy atom. The number of nitrogens with one attached hydrogen (secondary N) is 1. The van der Waals surface area contributed by atoms with Crippen molar-refractivity contribution in [1.82, 2.24) is 5.32 Å². The fourth-order valence-electron chi connectivity index (χ4n) is 1.26. The van der Waals surface area contributed by atoms with Gasteiger partial charge >= 0.3 is 0 Å². The second kappa shape index (κ2) is 3.38. The maximum Gasteiger partial charge on any atom is 0.252 e. The summed E-state index contributed by atoms with van der Waals surface area (Å²) in [6, 6.07) is 9.48. The van der Waals surface area contributed by atoms with Crippen molar-refractivity contribution in [2.45, 2.75) is 0 Å². The Morgan fingerprint density at radius 3 is 2.50 bits per heavy atom. The van der Waals surface area contributed by atoms with Gasteiger partial charge in [-0.05, 0) is 11.6 Å². The molecule has 1 aromatic rings. The molecular weight excluding hydrogens is 178 g/mol. The van der Waals surface area contributed by atoms with E-state index in [0.717, 1.165) is 11.6 Å². The zero-order valence-electron chi connectivity index (χ0n) is 7.40. The van der Waals surface area contributed by atoms with Gasteiger partial charge in [-0.2, -0.15) is 0 Å². The first-order chi connectivity index (χ1) is 6.75. The molecular formula is C11H9NO2. The van der Waals surface area contributed by atoms with E-state index in [4.69, 9.17) is 0 Å². The molecule has 0 bridgehead atoms. The number of carbonyl (C=O) groups excluding carboxylic acids is 1. The van der Waals surface area contributed by atoms with Crippen LogP contribution >= 0.6 is 0 Å². The van der Waals surface area contributed by atoms with Crippen molar-refractivity contribution in [3.05, 3.63) is 53.4 Å². The van der Waals surface area contributed by atoms with Crippen molar-refractivity contribution in [2.24, 2.45) is 0 Å². The first-order valence-corrected chi connectivity index (χ1v) is 4.24. The van der Waals surface area contributed by atoms with E-state index in [1.807, 2.05) is 30.3 Å². The van der Waals surface area contributed by atoms with Gasteiger partial charge in [0.05, 0.1) is 5.70 Å². The largest absolute Gasteiger partial charge is 0.506 e. The number of hydrogen-bond donors (Lipinski definition) is 2. The van der Waals surface area contributed by atoms with E-state index in [-0.39, 0.29) is 11.7 Å². The van der Waals surface area contributed by atoms with Gasteiger partial charge in [0.15, 0.2) is 0 Å². The van der Waals surface area contributed by atoms with Crippen LogP contribution in [0.4, 0.5) is 0 Å². The molecule has 2 N–H and O–H groups in total. The molecule has 0 aromatic heterocycles. The zero-order valence-corrected chi connectivity index (χ0v) is 7.40. The molecule has 3 nitrogen and oxygen atoms in total. The Hall–Kier alpha value is -2.03. The molecule has 2 rings (SSSR count). The lowest BCUT2D eigenvalue weighted by Crippen LogP contribution is -2.13. The lowest BCUT2D eigenvalue weighted by Gasteiger charge is -1.99. The molecule has 0 atom stereocenters. The fourth-order valence-corrected chi connectivity index (χ4v) is 1.26. The van der Waals surface area contributed by atoms with Crippen LogP contribution in [0.3, 0.4) is 0 Å². The van der Waals surface area contributed by atoms with Crippen molar-refractivity contribution < 1.29 is 9.90 Å². The standard InChI is InChI=1S/C11H9NO2/c13-10-7-11(14)12-9(10)6-8-4-2-1-3-5-8/h1-7,13H,(H,12,14)/b9-6-. The molecule has 3 heteroatoms. The molecule has 1 amide bonds. The van der Waals surface area contributed by atoms with Crippen LogP contribution in [0.5, 0.6) is 0 Å². The van der Waals surface area contributed by atoms with Crippen molar-refractivity contribution in [3.63, 3.8) is 0 Å². The van der Waals surface area contributed by atoms with E-state index in [9.17, 15) is 9.90 Å². The van der Waals surface area contributed by atoms with Crippen LogP contribution in [0.25, 0.3) is 6.08 Å². The Labute approximate surface area is 81.4 Å². The monoisotopic (exact) mass is 187 g/mol. The highest BCUT2D eigenvalue weighted by molar-refractivity contribution is 5.95. The van der Waals surface area contributed by atoms with Gasteiger partial charge in [0.1, 0.15) is 5.76 Å². The summed E-state index contributed by atoms with van der Waals surface area (Å²) in [5, 5.41) is 11.9. The second-order valence-corrected chi connectivity index (χ2v) is 2.99. The highest BCUT2D eigenvalue weighted by Crippen LogP contribution is 2.14. The lowest BCUT2D eigenvalue weighted by atomic mass is 10.2. The highest BCUT2D eigenvalue weighted by Gasteiger charge is 2.15. The van der Waals surface area contributed by atoms with Crippen LogP contribution in [0, 0.1) is 0 Å². The average molecular weight is 187 g/mol. The molecule has 1 aliphatic heterocycles. The molecule has 0 saturated carbocycles. The summed E-state index contributed by atoms with van der Waals surface area (Å²) < 4.78 is 0. The normalized spacial score (nSPS) is 18.1. The number of aliphatic hydroxyl groups excluding tert-OH is 1. The third-order valence-electron chi connectivity index (χ3n) is 1.91. The number of aliphatic hydroxyl groups is 1. The minimum atomic E-state index is -0.287. The number of carbonyl (C=O) groups is 1. The minimum absolute atomic E-state index is 0.0150. The predicted molar refractivity (Wildman–Crippen MR) is 53.3 cm³/mol. The summed E-state index contributed by atoms with van der Waals surface area (Å²) in [6.45, 7) is 0. The van der Waals surface area contributed by atoms with Gasteiger partial charge in [-0.15, -0.1) is 0 Å². The van der Waals surface area contributed by atoms with E-state index in [0.29, 0.717) is 5.70 Å². The summed E-state index contributed by atoms with van der Waals surface area (Å²) in [5.74, 6) is -0.302. The third kappa shape index (κ3) is 1.66. The lowest BCUT2D eigenvalue weighted by molar-refractivity contribution is -0.115. The Morgan fingerprint density at radius 1 is 1.21 bits per heavy atom. The van der Waals surface area contributed by atoms with Gasteiger partial charge < -0.3 is 10.4 Å². The van der Waals surface area contributed by atoms with Gasteiger partial charge in [0.25, 0.3) is 5.91 Å². The van der Waals surface area contributed by atoms with Crippen LogP contribution in [-0.2, 0) is 4.79 Å². The summed E-state index contributed by atoms with van der Waals surface area (Å²) in [7, 11) is 0. The maximum absolute atomic E-state index is 10.9. The smallest absolute Gasteiger partial charge is 0.252 e. The SMILES string of the molecule is O=C1C=C(O)/C(=C/c2ccccc2)N1. The molecule has 0 aliphatic carbocycles. The third-order valence-corrected chi connectivity index (χ3v) is 1.91. The first kappa shape index (κ1) is 8.56. The second-order valence-electron chi connectivity index (χ2n) is 2.99. The molecule has 14 heavy (non-hydrogen) atoms. The zero-order chi connectivity index (χ0) is 9.97.